The number of pyridine rings is 1. The Bertz CT molecular complexity index is 1210. The molecule has 0 saturated carbocycles. The molecule has 0 bridgehead atoms. The molecule has 2 heterocycles. The number of hydrogen-bond acceptors (Lipinski definition) is 4. The fraction of sp³-hybridized carbons (Fsp3) is 0.440. The van der Waals surface area contributed by atoms with Gasteiger partial charge >= 0.3 is 0 Å². The number of benzene rings is 1. The lowest BCUT2D eigenvalue weighted by Crippen LogP contribution is -2.35. The van der Waals surface area contributed by atoms with E-state index in [-0.39, 0.29) is 41.9 Å². The Morgan fingerprint density at radius 3 is 2.27 bits per heavy atom. The lowest BCUT2D eigenvalue weighted by molar-refractivity contribution is 0.0928. The first-order chi connectivity index (χ1) is 15.4. The van der Waals surface area contributed by atoms with E-state index in [4.69, 9.17) is 4.98 Å². The molecule has 33 heavy (non-hydrogen) atoms. The van der Waals surface area contributed by atoms with Crippen molar-refractivity contribution in [2.24, 2.45) is 0 Å². The number of fused-ring (bicyclic) bond motifs is 1. The molecular weight excluding hydrogens is 421 g/mol. The summed E-state index contributed by atoms with van der Waals surface area (Å²) in [6.45, 7) is 14.2. The van der Waals surface area contributed by atoms with Crippen molar-refractivity contribution in [2.75, 3.05) is 13.1 Å². The van der Waals surface area contributed by atoms with Gasteiger partial charge in [-0.15, -0.1) is 0 Å². The standard InChI is InChI=1S/C25H32FN5O2/c1-14(2)20-13-18(21-16(4)30-31(22(21)29-20)25(5,6)7)24(33)28-11-10-27-23(32)17-9-8-15(3)19(26)12-17/h8-9,12-14H,10-11H2,1-7H3,(H,27,32)(H,28,33). The van der Waals surface area contributed by atoms with Gasteiger partial charge in [0.25, 0.3) is 11.8 Å². The lowest BCUT2D eigenvalue weighted by Gasteiger charge is -2.20. The van der Waals surface area contributed by atoms with Crippen LogP contribution in [0.4, 0.5) is 4.39 Å². The van der Waals surface area contributed by atoms with E-state index < -0.39 is 5.82 Å². The summed E-state index contributed by atoms with van der Waals surface area (Å²) in [5.41, 5.74) is 3.19. The van der Waals surface area contributed by atoms with Crippen molar-refractivity contribution in [1.82, 2.24) is 25.4 Å². The highest BCUT2D eigenvalue weighted by Crippen LogP contribution is 2.28. The van der Waals surface area contributed by atoms with E-state index >= 15 is 0 Å². The number of rotatable bonds is 6. The molecule has 2 amide bonds. The van der Waals surface area contributed by atoms with Crippen molar-refractivity contribution >= 4 is 22.8 Å². The van der Waals surface area contributed by atoms with Gasteiger partial charge in [0.05, 0.1) is 22.2 Å². The molecule has 0 unspecified atom stereocenters. The molecule has 0 atom stereocenters. The van der Waals surface area contributed by atoms with Crippen LogP contribution in [0.25, 0.3) is 11.0 Å². The molecule has 0 fully saturated rings. The Balaban J connectivity index is 1.77. The SMILES string of the molecule is Cc1ccc(C(=O)NCCNC(=O)c2cc(C(C)C)nc3c2c(C)nn3C(C)(C)C)cc1F. The van der Waals surface area contributed by atoms with Gasteiger partial charge in [-0.25, -0.2) is 14.1 Å². The number of amides is 2. The summed E-state index contributed by atoms with van der Waals surface area (Å²) in [4.78, 5) is 30.2. The van der Waals surface area contributed by atoms with Gasteiger partial charge in [0.1, 0.15) is 5.82 Å². The lowest BCUT2D eigenvalue weighted by atomic mass is 10.0. The van der Waals surface area contributed by atoms with E-state index in [9.17, 15) is 14.0 Å². The molecule has 8 heteroatoms. The second kappa shape index (κ2) is 9.29. The summed E-state index contributed by atoms with van der Waals surface area (Å²) in [5.74, 6) is -0.932. The molecule has 0 aliphatic rings. The molecule has 0 radical (unpaired) electrons. The molecule has 0 aliphatic heterocycles. The van der Waals surface area contributed by atoms with Crippen molar-refractivity contribution in [2.45, 2.75) is 59.9 Å². The van der Waals surface area contributed by atoms with Crippen LogP contribution >= 0.6 is 0 Å². The van der Waals surface area contributed by atoms with Crippen LogP contribution in [0.2, 0.25) is 0 Å². The smallest absolute Gasteiger partial charge is 0.252 e. The maximum absolute atomic E-state index is 13.7. The first-order valence-corrected chi connectivity index (χ1v) is 11.1. The summed E-state index contributed by atoms with van der Waals surface area (Å²) < 4.78 is 15.6. The number of halogens is 1. The van der Waals surface area contributed by atoms with E-state index in [1.165, 1.54) is 6.07 Å². The summed E-state index contributed by atoms with van der Waals surface area (Å²) in [6, 6.07) is 6.16. The number of hydrogen-bond donors (Lipinski definition) is 2. The zero-order valence-corrected chi connectivity index (χ0v) is 20.3. The Hall–Kier alpha value is -3.29. The van der Waals surface area contributed by atoms with Gasteiger partial charge in [-0.3, -0.25) is 9.59 Å². The molecule has 3 aromatic rings. The minimum Gasteiger partial charge on any atom is -0.350 e. The van der Waals surface area contributed by atoms with E-state index in [2.05, 4.69) is 15.7 Å². The highest BCUT2D eigenvalue weighted by Gasteiger charge is 2.25. The largest absolute Gasteiger partial charge is 0.350 e. The van der Waals surface area contributed by atoms with Crippen LogP contribution in [0, 0.1) is 19.7 Å². The number of aryl methyl sites for hydroxylation is 2. The number of carbonyl (C=O) groups excluding carboxylic acids is 2. The molecule has 3 rings (SSSR count). The average molecular weight is 454 g/mol. The van der Waals surface area contributed by atoms with Gasteiger partial charge in [0.15, 0.2) is 5.65 Å². The number of carbonyl (C=O) groups is 2. The molecule has 176 valence electrons. The van der Waals surface area contributed by atoms with Crippen LogP contribution < -0.4 is 10.6 Å². The first-order valence-electron chi connectivity index (χ1n) is 11.1. The zero-order valence-electron chi connectivity index (χ0n) is 20.3. The normalized spacial score (nSPS) is 11.8. The van der Waals surface area contributed by atoms with Gasteiger partial charge in [0, 0.05) is 24.3 Å². The quantitative estimate of drug-likeness (QED) is 0.547. The van der Waals surface area contributed by atoms with E-state index in [1.54, 1.807) is 19.1 Å². The van der Waals surface area contributed by atoms with Crippen LogP contribution in [-0.2, 0) is 5.54 Å². The Kier molecular flexibility index (Phi) is 6.86. The summed E-state index contributed by atoms with van der Waals surface area (Å²) >= 11 is 0. The van der Waals surface area contributed by atoms with Gasteiger partial charge in [-0.2, -0.15) is 5.10 Å². The van der Waals surface area contributed by atoms with Gasteiger partial charge in [-0.05, 0) is 64.3 Å². The van der Waals surface area contributed by atoms with Crippen LogP contribution in [0.1, 0.15) is 78.2 Å². The number of aromatic nitrogens is 3. The molecule has 2 N–H and O–H groups in total. The minimum atomic E-state index is -0.426. The van der Waals surface area contributed by atoms with Gasteiger partial charge < -0.3 is 10.6 Å². The van der Waals surface area contributed by atoms with Crippen molar-refractivity contribution in [3.8, 4) is 0 Å². The molecule has 0 spiro atoms. The monoisotopic (exact) mass is 453 g/mol. The topological polar surface area (TPSA) is 88.9 Å². The predicted octanol–water partition coefficient (Wildman–Crippen LogP) is 4.23. The third kappa shape index (κ3) is 5.21. The maximum atomic E-state index is 13.7. The van der Waals surface area contributed by atoms with E-state index in [1.807, 2.05) is 52.3 Å². The van der Waals surface area contributed by atoms with Crippen molar-refractivity contribution < 1.29 is 14.0 Å². The van der Waals surface area contributed by atoms with Gasteiger partial charge in [0.2, 0.25) is 0 Å². The van der Waals surface area contributed by atoms with E-state index in [0.29, 0.717) is 16.8 Å². The highest BCUT2D eigenvalue weighted by atomic mass is 19.1. The highest BCUT2D eigenvalue weighted by molar-refractivity contribution is 6.06. The van der Waals surface area contributed by atoms with Crippen molar-refractivity contribution in [1.29, 1.82) is 0 Å². The van der Waals surface area contributed by atoms with E-state index in [0.717, 1.165) is 16.8 Å². The zero-order chi connectivity index (χ0) is 24.5. The van der Waals surface area contributed by atoms with Crippen LogP contribution in [-0.4, -0.2) is 39.7 Å². The average Bonchev–Trinajstić information content (AvgIpc) is 3.09. The third-order valence-electron chi connectivity index (χ3n) is 5.43. The fourth-order valence-electron chi connectivity index (χ4n) is 3.53. The third-order valence-corrected chi connectivity index (χ3v) is 5.43. The molecule has 7 nitrogen and oxygen atoms in total. The van der Waals surface area contributed by atoms with Crippen LogP contribution in [0.5, 0.6) is 0 Å². The predicted molar refractivity (Wildman–Crippen MR) is 127 cm³/mol. The number of nitrogens with zero attached hydrogens (tertiary/aromatic N) is 3. The Labute approximate surface area is 193 Å². The summed E-state index contributed by atoms with van der Waals surface area (Å²) in [5, 5.41) is 11.0. The second-order valence-electron chi connectivity index (χ2n) is 9.59. The molecule has 0 saturated heterocycles. The Morgan fingerprint density at radius 2 is 1.70 bits per heavy atom. The first kappa shape index (κ1) is 24.4. The van der Waals surface area contributed by atoms with Gasteiger partial charge in [-0.1, -0.05) is 19.9 Å². The minimum absolute atomic E-state index is 0.138. The molecule has 2 aromatic heterocycles. The van der Waals surface area contributed by atoms with Crippen LogP contribution in [0.3, 0.4) is 0 Å². The number of nitrogens with one attached hydrogen (secondary N) is 2. The second-order valence-corrected chi connectivity index (χ2v) is 9.59. The maximum Gasteiger partial charge on any atom is 0.252 e. The molecule has 1 aromatic carbocycles. The summed E-state index contributed by atoms with van der Waals surface area (Å²) in [7, 11) is 0. The van der Waals surface area contributed by atoms with Crippen molar-refractivity contribution in [3.05, 3.63) is 58.2 Å². The fourth-order valence-corrected chi connectivity index (χ4v) is 3.53. The van der Waals surface area contributed by atoms with Crippen molar-refractivity contribution in [3.63, 3.8) is 0 Å². The molecule has 0 aliphatic carbocycles. The molecular formula is C25H32FN5O2. The summed E-state index contributed by atoms with van der Waals surface area (Å²) in [6.07, 6.45) is 0. The Morgan fingerprint density at radius 1 is 1.06 bits per heavy atom. The van der Waals surface area contributed by atoms with Crippen LogP contribution in [0.15, 0.2) is 24.3 Å².